The second-order valence-corrected chi connectivity index (χ2v) is 5.23. The van der Waals surface area contributed by atoms with E-state index < -0.39 is 0 Å². The Balaban J connectivity index is 1.80. The SMILES string of the molecule is CC/C(=N\NC(=O)CCC(=O)Nc1ccccc1)c1ccccc1. The number of anilines is 1. The number of rotatable bonds is 7. The minimum Gasteiger partial charge on any atom is -0.326 e. The van der Waals surface area contributed by atoms with E-state index in [1.165, 1.54) is 0 Å². The van der Waals surface area contributed by atoms with Crippen molar-refractivity contribution in [1.82, 2.24) is 5.43 Å². The Kier molecular flexibility index (Phi) is 6.71. The van der Waals surface area contributed by atoms with Crippen LogP contribution in [0, 0.1) is 0 Å². The summed E-state index contributed by atoms with van der Waals surface area (Å²) in [6, 6.07) is 18.8. The van der Waals surface area contributed by atoms with Gasteiger partial charge in [0.1, 0.15) is 0 Å². The maximum atomic E-state index is 11.9. The molecule has 0 aromatic heterocycles. The third kappa shape index (κ3) is 5.68. The zero-order valence-electron chi connectivity index (χ0n) is 13.7. The molecule has 5 heteroatoms. The number of carbonyl (C=O) groups excluding carboxylic acids is 2. The van der Waals surface area contributed by atoms with Crippen molar-refractivity contribution in [3.8, 4) is 0 Å². The van der Waals surface area contributed by atoms with E-state index in [2.05, 4.69) is 15.8 Å². The molecular formula is C19H21N3O2. The number of hydrazone groups is 1. The van der Waals surface area contributed by atoms with E-state index in [0.717, 1.165) is 17.0 Å². The number of nitrogens with zero attached hydrogens (tertiary/aromatic N) is 1. The van der Waals surface area contributed by atoms with Crippen LogP contribution in [0.4, 0.5) is 5.69 Å². The molecule has 2 aromatic rings. The predicted molar refractivity (Wildman–Crippen MR) is 95.7 cm³/mol. The van der Waals surface area contributed by atoms with Crippen LogP contribution in [0.1, 0.15) is 31.7 Å². The smallest absolute Gasteiger partial charge is 0.240 e. The molecule has 0 fully saturated rings. The summed E-state index contributed by atoms with van der Waals surface area (Å²) in [4.78, 5) is 23.7. The van der Waals surface area contributed by atoms with Crippen LogP contribution in [0.3, 0.4) is 0 Å². The Morgan fingerprint density at radius 1 is 0.875 bits per heavy atom. The molecule has 0 unspecified atom stereocenters. The summed E-state index contributed by atoms with van der Waals surface area (Å²) in [6.45, 7) is 1.98. The second kappa shape index (κ2) is 9.25. The molecule has 0 spiro atoms. The number of hydrogen-bond donors (Lipinski definition) is 2. The highest BCUT2D eigenvalue weighted by atomic mass is 16.2. The Labute approximate surface area is 141 Å². The molecular weight excluding hydrogens is 302 g/mol. The van der Waals surface area contributed by atoms with Crippen LogP contribution in [-0.4, -0.2) is 17.5 Å². The van der Waals surface area contributed by atoms with E-state index in [-0.39, 0.29) is 24.7 Å². The van der Waals surface area contributed by atoms with Gasteiger partial charge in [-0.2, -0.15) is 5.10 Å². The fraction of sp³-hybridized carbons (Fsp3) is 0.211. The topological polar surface area (TPSA) is 70.6 Å². The molecule has 5 nitrogen and oxygen atoms in total. The Morgan fingerprint density at radius 2 is 1.46 bits per heavy atom. The number of para-hydroxylation sites is 1. The molecule has 2 amide bonds. The van der Waals surface area contributed by atoms with Crippen LogP contribution in [-0.2, 0) is 9.59 Å². The minimum atomic E-state index is -0.278. The monoisotopic (exact) mass is 323 g/mol. The highest BCUT2D eigenvalue weighted by Gasteiger charge is 2.07. The van der Waals surface area contributed by atoms with Crippen LogP contribution in [0.5, 0.6) is 0 Å². The van der Waals surface area contributed by atoms with Crippen LogP contribution < -0.4 is 10.7 Å². The fourth-order valence-electron chi connectivity index (χ4n) is 2.14. The Morgan fingerprint density at radius 3 is 2.08 bits per heavy atom. The van der Waals surface area contributed by atoms with Crippen LogP contribution in [0.25, 0.3) is 0 Å². The molecule has 2 aromatic carbocycles. The first kappa shape index (κ1) is 17.4. The molecule has 0 aliphatic carbocycles. The van der Waals surface area contributed by atoms with Crippen molar-refractivity contribution in [2.75, 3.05) is 5.32 Å². The van der Waals surface area contributed by atoms with Crippen molar-refractivity contribution < 1.29 is 9.59 Å². The van der Waals surface area contributed by atoms with Crippen LogP contribution >= 0.6 is 0 Å². The first-order chi connectivity index (χ1) is 11.7. The molecule has 0 radical (unpaired) electrons. The maximum Gasteiger partial charge on any atom is 0.240 e. The molecule has 0 saturated heterocycles. The third-order valence-corrected chi connectivity index (χ3v) is 3.39. The molecule has 0 aliphatic rings. The molecule has 124 valence electrons. The second-order valence-electron chi connectivity index (χ2n) is 5.23. The van der Waals surface area contributed by atoms with Crippen molar-refractivity contribution in [3.63, 3.8) is 0 Å². The van der Waals surface area contributed by atoms with E-state index >= 15 is 0 Å². The van der Waals surface area contributed by atoms with Crippen molar-refractivity contribution in [3.05, 3.63) is 66.2 Å². The normalized spacial score (nSPS) is 11.0. The van der Waals surface area contributed by atoms with Crippen molar-refractivity contribution in [2.24, 2.45) is 5.10 Å². The van der Waals surface area contributed by atoms with Gasteiger partial charge >= 0.3 is 0 Å². The highest BCUT2D eigenvalue weighted by molar-refractivity contribution is 6.01. The lowest BCUT2D eigenvalue weighted by Crippen LogP contribution is -2.22. The number of hydrogen-bond acceptors (Lipinski definition) is 3. The van der Waals surface area contributed by atoms with Gasteiger partial charge in [-0.1, -0.05) is 55.5 Å². The molecule has 2 N–H and O–H groups in total. The zero-order chi connectivity index (χ0) is 17.2. The van der Waals surface area contributed by atoms with Gasteiger partial charge in [-0.15, -0.1) is 0 Å². The largest absolute Gasteiger partial charge is 0.326 e. The lowest BCUT2D eigenvalue weighted by molar-refractivity contribution is -0.124. The number of carbonyl (C=O) groups is 2. The lowest BCUT2D eigenvalue weighted by Gasteiger charge is -2.06. The van der Waals surface area contributed by atoms with Gasteiger partial charge in [0, 0.05) is 18.5 Å². The molecule has 0 heterocycles. The van der Waals surface area contributed by atoms with Gasteiger partial charge < -0.3 is 5.32 Å². The first-order valence-corrected chi connectivity index (χ1v) is 7.94. The fourth-order valence-corrected chi connectivity index (χ4v) is 2.14. The molecule has 0 saturated carbocycles. The van der Waals surface area contributed by atoms with Crippen molar-refractivity contribution in [1.29, 1.82) is 0 Å². The van der Waals surface area contributed by atoms with Crippen molar-refractivity contribution in [2.45, 2.75) is 26.2 Å². The molecule has 2 rings (SSSR count). The van der Waals surface area contributed by atoms with Gasteiger partial charge in [-0.05, 0) is 24.1 Å². The predicted octanol–water partition coefficient (Wildman–Crippen LogP) is 3.34. The quantitative estimate of drug-likeness (QED) is 0.606. The van der Waals surface area contributed by atoms with Gasteiger partial charge in [0.25, 0.3) is 0 Å². The lowest BCUT2D eigenvalue weighted by atomic mass is 10.1. The van der Waals surface area contributed by atoms with Gasteiger partial charge in [0.15, 0.2) is 0 Å². The summed E-state index contributed by atoms with van der Waals surface area (Å²) in [5, 5.41) is 6.90. The van der Waals surface area contributed by atoms with E-state index in [1.807, 2.05) is 55.5 Å². The summed E-state index contributed by atoms with van der Waals surface area (Å²) >= 11 is 0. The van der Waals surface area contributed by atoms with E-state index in [4.69, 9.17) is 0 Å². The van der Waals surface area contributed by atoms with Gasteiger partial charge in [0.2, 0.25) is 11.8 Å². The molecule has 0 atom stereocenters. The Hall–Kier alpha value is -2.95. The van der Waals surface area contributed by atoms with Gasteiger partial charge in [0.05, 0.1) is 5.71 Å². The average Bonchev–Trinajstić information content (AvgIpc) is 2.62. The number of benzene rings is 2. The first-order valence-electron chi connectivity index (χ1n) is 7.94. The summed E-state index contributed by atoms with van der Waals surface area (Å²) < 4.78 is 0. The summed E-state index contributed by atoms with van der Waals surface area (Å²) in [5.41, 5.74) is 5.02. The summed E-state index contributed by atoms with van der Waals surface area (Å²) in [7, 11) is 0. The van der Waals surface area contributed by atoms with E-state index in [9.17, 15) is 9.59 Å². The highest BCUT2D eigenvalue weighted by Crippen LogP contribution is 2.06. The number of nitrogens with one attached hydrogen (secondary N) is 2. The minimum absolute atomic E-state index is 0.0912. The van der Waals surface area contributed by atoms with E-state index in [1.54, 1.807) is 12.1 Å². The van der Waals surface area contributed by atoms with Crippen molar-refractivity contribution >= 4 is 23.2 Å². The molecule has 0 bridgehead atoms. The van der Waals surface area contributed by atoms with Crippen LogP contribution in [0.15, 0.2) is 65.8 Å². The third-order valence-electron chi connectivity index (χ3n) is 3.39. The molecule has 24 heavy (non-hydrogen) atoms. The molecule has 0 aliphatic heterocycles. The average molecular weight is 323 g/mol. The summed E-state index contributed by atoms with van der Waals surface area (Å²) in [6.07, 6.45) is 0.912. The van der Waals surface area contributed by atoms with Gasteiger partial charge in [-0.25, -0.2) is 5.43 Å². The standard InChI is InChI=1S/C19H21N3O2/c1-2-17(15-9-5-3-6-10-15)21-22-19(24)14-13-18(23)20-16-11-7-4-8-12-16/h3-12H,2,13-14H2,1H3,(H,20,23)(H,22,24)/b21-17+. The zero-order valence-corrected chi connectivity index (χ0v) is 13.7. The number of amides is 2. The maximum absolute atomic E-state index is 11.9. The summed E-state index contributed by atoms with van der Waals surface area (Å²) in [5.74, 6) is -0.473. The van der Waals surface area contributed by atoms with E-state index in [0.29, 0.717) is 6.42 Å². The van der Waals surface area contributed by atoms with Crippen LogP contribution in [0.2, 0.25) is 0 Å². The van der Waals surface area contributed by atoms with Gasteiger partial charge in [-0.3, -0.25) is 9.59 Å². The Bertz CT molecular complexity index is 697.